The first-order chi connectivity index (χ1) is 15.7. The van der Waals surface area contributed by atoms with E-state index in [1.165, 1.54) is 66.3 Å². The summed E-state index contributed by atoms with van der Waals surface area (Å²) in [5, 5.41) is 0. The van der Waals surface area contributed by atoms with Crippen molar-refractivity contribution in [2.45, 2.75) is 64.9 Å². The van der Waals surface area contributed by atoms with Crippen molar-refractivity contribution in [1.29, 1.82) is 0 Å². The van der Waals surface area contributed by atoms with Gasteiger partial charge in [0, 0.05) is 6.61 Å². The highest BCUT2D eigenvalue weighted by Crippen LogP contribution is 2.33. The molecule has 0 aliphatic heterocycles. The summed E-state index contributed by atoms with van der Waals surface area (Å²) in [6, 6.07) is 25.7. The maximum Gasteiger partial charge on any atom is 0.118 e. The van der Waals surface area contributed by atoms with Gasteiger partial charge < -0.3 is 9.47 Å². The van der Waals surface area contributed by atoms with Crippen molar-refractivity contribution < 1.29 is 9.47 Å². The average Bonchev–Trinajstić information content (AvgIpc) is 2.85. The van der Waals surface area contributed by atoms with E-state index < -0.39 is 0 Å². The third-order valence-electron chi connectivity index (χ3n) is 6.13. The Morgan fingerprint density at radius 3 is 1.75 bits per heavy atom. The second-order valence-corrected chi connectivity index (χ2v) is 8.53. The number of hydrogen-bond donors (Lipinski definition) is 0. The van der Waals surface area contributed by atoms with Gasteiger partial charge in [0.1, 0.15) is 5.75 Å². The summed E-state index contributed by atoms with van der Waals surface area (Å²) in [6.45, 7) is 5.26. The van der Waals surface area contributed by atoms with Crippen LogP contribution < -0.4 is 4.74 Å². The molecular formula is C30H38O2. The topological polar surface area (TPSA) is 18.5 Å². The lowest BCUT2D eigenvalue weighted by Gasteiger charge is -2.15. The summed E-state index contributed by atoms with van der Waals surface area (Å²) in [6.07, 6.45) is 9.31. The molecule has 0 radical (unpaired) electrons. The molecular weight excluding hydrogens is 392 g/mol. The van der Waals surface area contributed by atoms with Crippen LogP contribution in [0.2, 0.25) is 0 Å². The molecule has 0 saturated heterocycles. The summed E-state index contributed by atoms with van der Waals surface area (Å²) in [5.41, 5.74) is 6.11. The normalized spacial score (nSPS) is 12.0. The smallest absolute Gasteiger partial charge is 0.118 e. The first kappa shape index (κ1) is 24.1. The Morgan fingerprint density at radius 1 is 0.656 bits per heavy atom. The number of benzene rings is 3. The van der Waals surface area contributed by atoms with Gasteiger partial charge in [-0.1, -0.05) is 106 Å². The Balaban J connectivity index is 1.57. The molecule has 2 heteroatoms. The third kappa shape index (κ3) is 6.97. The van der Waals surface area contributed by atoms with Crippen molar-refractivity contribution in [3.63, 3.8) is 0 Å². The molecule has 32 heavy (non-hydrogen) atoms. The van der Waals surface area contributed by atoms with E-state index in [1.807, 2.05) is 12.1 Å². The van der Waals surface area contributed by atoms with Crippen molar-refractivity contribution in [3.8, 4) is 28.0 Å². The highest BCUT2D eigenvalue weighted by molar-refractivity contribution is 5.83. The molecule has 0 saturated carbocycles. The van der Waals surface area contributed by atoms with Crippen molar-refractivity contribution in [2.24, 2.45) is 0 Å². The van der Waals surface area contributed by atoms with Gasteiger partial charge in [-0.05, 0) is 53.3 Å². The van der Waals surface area contributed by atoms with E-state index in [9.17, 15) is 0 Å². The monoisotopic (exact) mass is 430 g/mol. The number of methoxy groups -OCH3 is 1. The Bertz CT molecular complexity index is 912. The largest absolute Gasteiger partial charge is 0.497 e. The van der Waals surface area contributed by atoms with Gasteiger partial charge in [0.15, 0.2) is 0 Å². The minimum atomic E-state index is 0.126. The molecule has 0 spiro atoms. The van der Waals surface area contributed by atoms with E-state index in [1.54, 1.807) is 7.11 Å². The summed E-state index contributed by atoms with van der Waals surface area (Å²) < 4.78 is 11.4. The Morgan fingerprint density at radius 2 is 1.19 bits per heavy atom. The van der Waals surface area contributed by atoms with Crippen LogP contribution >= 0.6 is 0 Å². The average molecular weight is 431 g/mol. The zero-order valence-corrected chi connectivity index (χ0v) is 20.0. The van der Waals surface area contributed by atoms with Crippen LogP contribution in [-0.2, 0) is 4.74 Å². The zero-order chi connectivity index (χ0) is 22.6. The lowest BCUT2D eigenvalue weighted by Crippen LogP contribution is -2.02. The van der Waals surface area contributed by atoms with Crippen LogP contribution in [0, 0.1) is 0 Å². The minimum Gasteiger partial charge on any atom is -0.497 e. The predicted octanol–water partition coefficient (Wildman–Crippen LogP) is 8.86. The second kappa shape index (κ2) is 13.1. The quantitative estimate of drug-likeness (QED) is 0.252. The first-order valence-corrected chi connectivity index (χ1v) is 12.2. The molecule has 0 amide bonds. The first-order valence-electron chi connectivity index (χ1n) is 12.2. The van der Waals surface area contributed by atoms with Crippen LogP contribution in [0.5, 0.6) is 5.75 Å². The standard InChI is InChI=1S/C30H38O2/c1-4-5-6-7-8-9-12-23-32-24(2)25-15-17-26(18-16-25)29-13-10-11-14-30(29)27-19-21-28(31-3)22-20-27/h10-11,13-22,24H,4-9,12,23H2,1-3H3. The number of ether oxygens (including phenoxy) is 2. The Hall–Kier alpha value is -2.58. The molecule has 0 fully saturated rings. The van der Waals surface area contributed by atoms with Gasteiger partial charge in [-0.2, -0.15) is 0 Å². The van der Waals surface area contributed by atoms with Gasteiger partial charge in [-0.25, -0.2) is 0 Å². The number of unbranched alkanes of at least 4 members (excludes halogenated alkanes) is 6. The highest BCUT2D eigenvalue weighted by Gasteiger charge is 2.10. The van der Waals surface area contributed by atoms with Crippen LogP contribution in [0.4, 0.5) is 0 Å². The summed E-state index contributed by atoms with van der Waals surface area (Å²) in [7, 11) is 1.70. The number of hydrogen-bond acceptors (Lipinski definition) is 2. The van der Waals surface area contributed by atoms with Crippen LogP contribution in [-0.4, -0.2) is 13.7 Å². The van der Waals surface area contributed by atoms with E-state index in [4.69, 9.17) is 9.47 Å². The van der Waals surface area contributed by atoms with Gasteiger partial charge in [-0.3, -0.25) is 0 Å². The second-order valence-electron chi connectivity index (χ2n) is 8.53. The van der Waals surface area contributed by atoms with Crippen molar-refractivity contribution in [1.82, 2.24) is 0 Å². The van der Waals surface area contributed by atoms with Gasteiger partial charge >= 0.3 is 0 Å². The lowest BCUT2D eigenvalue weighted by atomic mass is 9.94. The molecule has 0 aromatic heterocycles. The molecule has 0 bridgehead atoms. The fourth-order valence-corrected chi connectivity index (χ4v) is 4.11. The van der Waals surface area contributed by atoms with Gasteiger partial charge in [0.25, 0.3) is 0 Å². The Labute approximate surface area is 194 Å². The fraction of sp³-hybridized carbons (Fsp3) is 0.400. The van der Waals surface area contributed by atoms with Crippen LogP contribution in [0.1, 0.15) is 70.5 Å². The highest BCUT2D eigenvalue weighted by atomic mass is 16.5. The molecule has 3 rings (SSSR count). The minimum absolute atomic E-state index is 0.126. The summed E-state index contributed by atoms with van der Waals surface area (Å²) >= 11 is 0. The molecule has 2 nitrogen and oxygen atoms in total. The molecule has 1 unspecified atom stereocenters. The van der Waals surface area contributed by atoms with E-state index in [-0.39, 0.29) is 6.10 Å². The molecule has 3 aromatic rings. The lowest BCUT2D eigenvalue weighted by molar-refractivity contribution is 0.0627. The molecule has 170 valence electrons. The maximum absolute atomic E-state index is 6.10. The summed E-state index contributed by atoms with van der Waals surface area (Å²) in [4.78, 5) is 0. The predicted molar refractivity (Wildman–Crippen MR) is 136 cm³/mol. The van der Waals surface area contributed by atoms with Crippen LogP contribution in [0.3, 0.4) is 0 Å². The van der Waals surface area contributed by atoms with Crippen molar-refractivity contribution >= 4 is 0 Å². The summed E-state index contributed by atoms with van der Waals surface area (Å²) in [5.74, 6) is 0.876. The molecule has 0 aliphatic rings. The fourth-order valence-electron chi connectivity index (χ4n) is 4.11. The van der Waals surface area contributed by atoms with E-state index in [2.05, 4.69) is 74.5 Å². The SMILES string of the molecule is CCCCCCCCCOC(C)c1ccc(-c2ccccc2-c2ccc(OC)cc2)cc1. The van der Waals surface area contributed by atoms with E-state index in [0.717, 1.165) is 18.8 Å². The molecule has 0 N–H and O–H groups in total. The molecule has 0 aliphatic carbocycles. The molecule has 1 atom stereocenters. The van der Waals surface area contributed by atoms with Crippen LogP contribution in [0.25, 0.3) is 22.3 Å². The van der Waals surface area contributed by atoms with E-state index in [0.29, 0.717) is 0 Å². The van der Waals surface area contributed by atoms with Crippen LogP contribution in [0.15, 0.2) is 72.8 Å². The van der Waals surface area contributed by atoms with Gasteiger partial charge in [0.2, 0.25) is 0 Å². The van der Waals surface area contributed by atoms with Crippen molar-refractivity contribution in [2.75, 3.05) is 13.7 Å². The zero-order valence-electron chi connectivity index (χ0n) is 20.0. The van der Waals surface area contributed by atoms with Gasteiger partial charge in [0.05, 0.1) is 13.2 Å². The molecule has 0 heterocycles. The van der Waals surface area contributed by atoms with Gasteiger partial charge in [-0.15, -0.1) is 0 Å². The molecule has 3 aromatic carbocycles. The Kier molecular flexibility index (Phi) is 9.84. The van der Waals surface area contributed by atoms with E-state index >= 15 is 0 Å². The maximum atomic E-state index is 6.10. The number of rotatable bonds is 13. The third-order valence-corrected chi connectivity index (χ3v) is 6.13. The van der Waals surface area contributed by atoms with Crippen molar-refractivity contribution in [3.05, 3.63) is 78.4 Å².